The zero-order valence-corrected chi connectivity index (χ0v) is 10.6. The molecule has 2 nitrogen and oxygen atoms in total. The van der Waals surface area contributed by atoms with E-state index in [-0.39, 0.29) is 0 Å². The van der Waals surface area contributed by atoms with Gasteiger partial charge in [0, 0.05) is 16.6 Å². The molecule has 0 aromatic carbocycles. The normalized spacial score (nSPS) is 15.2. The zero-order valence-electron chi connectivity index (χ0n) is 8.10. The monoisotopic (exact) mass is 250 g/mol. The second-order valence-corrected chi connectivity index (χ2v) is 7.46. The summed E-state index contributed by atoms with van der Waals surface area (Å²) in [5.74, 6) is 0.674. The van der Waals surface area contributed by atoms with Crippen molar-refractivity contribution in [3.8, 4) is 0 Å². The van der Waals surface area contributed by atoms with E-state index < -0.39 is 21.6 Å². The minimum Gasteiger partial charge on any atom is -0.259 e. The minimum atomic E-state index is -1.07. The smallest absolute Gasteiger partial charge is 0.105 e. The number of hydrogen-bond donors (Lipinski definition) is 0. The summed E-state index contributed by atoms with van der Waals surface area (Å²) in [6.07, 6.45) is 1.99. The summed E-state index contributed by atoms with van der Waals surface area (Å²) in [4.78, 5) is 0. The average molecular weight is 250 g/mol. The summed E-state index contributed by atoms with van der Waals surface area (Å²) in [6.45, 7) is 2.06. The largest absolute Gasteiger partial charge is 0.259 e. The highest BCUT2D eigenvalue weighted by Gasteiger charge is 2.08. The molecule has 0 aliphatic carbocycles. The maximum absolute atomic E-state index is 11.6. The van der Waals surface area contributed by atoms with Crippen molar-refractivity contribution in [3.05, 3.63) is 17.5 Å². The van der Waals surface area contributed by atoms with Crippen molar-refractivity contribution in [1.82, 2.24) is 0 Å². The molecule has 80 valence electrons. The number of unbranched alkanes of at least 4 members (excludes halogenated alkanes) is 1. The molecule has 0 bridgehead atoms. The molecular formula is C9H14O2S3. The Morgan fingerprint density at radius 3 is 2.79 bits per heavy atom. The van der Waals surface area contributed by atoms with E-state index in [2.05, 4.69) is 6.92 Å². The molecule has 1 rings (SSSR count). The topological polar surface area (TPSA) is 34.1 Å². The Hall–Kier alpha value is -0.0000000000000000833. The van der Waals surface area contributed by atoms with E-state index in [1.165, 1.54) is 11.3 Å². The van der Waals surface area contributed by atoms with Crippen molar-refractivity contribution >= 4 is 32.9 Å². The first-order valence-electron chi connectivity index (χ1n) is 4.51. The predicted octanol–water partition coefficient (Wildman–Crippen LogP) is 2.36. The highest BCUT2D eigenvalue weighted by molar-refractivity contribution is 8.02. The average Bonchev–Trinajstić information content (AvgIpc) is 2.67. The fraction of sp³-hybridized carbons (Fsp3) is 0.556. The third-order valence-corrected chi connectivity index (χ3v) is 6.43. The number of thiophene rings is 1. The van der Waals surface area contributed by atoms with Gasteiger partial charge in [0.1, 0.15) is 5.08 Å². The van der Waals surface area contributed by atoms with Gasteiger partial charge in [-0.1, -0.05) is 19.4 Å². The Balaban J connectivity index is 2.38. The molecule has 2 atom stereocenters. The number of hydrogen-bond acceptors (Lipinski definition) is 3. The first-order chi connectivity index (χ1) is 6.74. The molecule has 0 spiro atoms. The lowest BCUT2D eigenvalue weighted by Gasteiger charge is -1.99. The van der Waals surface area contributed by atoms with E-state index in [4.69, 9.17) is 0 Å². The van der Waals surface area contributed by atoms with Crippen LogP contribution in [0, 0.1) is 0 Å². The molecule has 0 N–H and O–H groups in total. The van der Waals surface area contributed by atoms with Crippen LogP contribution in [-0.4, -0.2) is 19.3 Å². The van der Waals surface area contributed by atoms with Crippen LogP contribution >= 0.6 is 11.3 Å². The Bertz CT molecular complexity index is 306. The van der Waals surface area contributed by atoms with Crippen molar-refractivity contribution in [2.75, 3.05) is 10.8 Å². The molecule has 0 aliphatic rings. The van der Waals surface area contributed by atoms with E-state index >= 15 is 0 Å². The molecule has 0 amide bonds. The molecule has 14 heavy (non-hydrogen) atoms. The van der Waals surface area contributed by atoms with Crippen LogP contribution in [0.4, 0.5) is 0 Å². The highest BCUT2D eigenvalue weighted by atomic mass is 32.3. The lowest BCUT2D eigenvalue weighted by atomic mass is 10.4. The lowest BCUT2D eigenvalue weighted by molar-refractivity contribution is 0.678. The Labute approximate surface area is 93.6 Å². The zero-order chi connectivity index (χ0) is 10.4. The summed E-state index contributed by atoms with van der Waals surface area (Å²) >= 11 is 1.46. The van der Waals surface area contributed by atoms with Crippen LogP contribution in [0.25, 0.3) is 0 Å². The first-order valence-corrected chi connectivity index (χ1v) is 8.19. The number of rotatable bonds is 6. The summed E-state index contributed by atoms with van der Waals surface area (Å²) in [5, 5.41) is 2.18. The van der Waals surface area contributed by atoms with Crippen LogP contribution < -0.4 is 0 Å². The van der Waals surface area contributed by atoms with Gasteiger partial charge in [-0.05, 0) is 17.9 Å². The molecular weight excluding hydrogens is 236 g/mol. The molecule has 5 heteroatoms. The van der Waals surface area contributed by atoms with Gasteiger partial charge in [0.25, 0.3) is 0 Å². The van der Waals surface area contributed by atoms with Crippen LogP contribution in [0.5, 0.6) is 0 Å². The third kappa shape index (κ3) is 4.02. The van der Waals surface area contributed by atoms with E-state index in [0.29, 0.717) is 10.8 Å². The summed E-state index contributed by atoms with van der Waals surface area (Å²) in [7, 11) is -2.00. The van der Waals surface area contributed by atoms with Gasteiger partial charge in [-0.25, -0.2) is 0 Å². The van der Waals surface area contributed by atoms with Crippen molar-refractivity contribution in [2.24, 2.45) is 0 Å². The molecule has 0 saturated carbocycles. The van der Waals surface area contributed by atoms with Gasteiger partial charge in [-0.15, -0.1) is 11.3 Å². The summed E-state index contributed by atoms with van der Waals surface area (Å²) < 4.78 is 23.9. The van der Waals surface area contributed by atoms with Gasteiger partial charge < -0.3 is 0 Å². The third-order valence-electron chi connectivity index (χ3n) is 1.68. The molecule has 0 aliphatic heterocycles. The van der Waals surface area contributed by atoms with E-state index in [9.17, 15) is 8.42 Å². The maximum Gasteiger partial charge on any atom is 0.105 e. The van der Waals surface area contributed by atoms with E-state index in [1.54, 1.807) is 0 Å². The van der Waals surface area contributed by atoms with Crippen LogP contribution in [0.15, 0.2) is 21.7 Å². The van der Waals surface area contributed by atoms with E-state index in [0.717, 1.165) is 17.1 Å². The molecule has 1 aromatic rings. The fourth-order valence-corrected chi connectivity index (χ4v) is 5.14. The molecule has 2 unspecified atom stereocenters. The van der Waals surface area contributed by atoms with Gasteiger partial charge in [0.2, 0.25) is 0 Å². The van der Waals surface area contributed by atoms with Gasteiger partial charge in [-0.2, -0.15) is 0 Å². The van der Waals surface area contributed by atoms with Crippen molar-refractivity contribution in [1.29, 1.82) is 0 Å². The summed E-state index contributed by atoms with van der Waals surface area (Å²) in [6, 6.07) is 3.70. The standard InChI is InChI=1S/C9H14O2S3/c1-2-3-7-13(10)8-14(11)9-5-4-6-12-9/h4-6H,2-3,7-8H2,1H3. The van der Waals surface area contributed by atoms with Crippen LogP contribution in [0.2, 0.25) is 0 Å². The highest BCUT2D eigenvalue weighted by Crippen LogP contribution is 2.14. The first kappa shape index (κ1) is 12.1. The SMILES string of the molecule is CCCCS(=O)CS(=O)c1cccs1. The van der Waals surface area contributed by atoms with Gasteiger partial charge in [0.05, 0.1) is 15.0 Å². The maximum atomic E-state index is 11.6. The van der Waals surface area contributed by atoms with Crippen molar-refractivity contribution < 1.29 is 8.42 Å². The summed E-state index contributed by atoms with van der Waals surface area (Å²) in [5.41, 5.74) is 0. The van der Waals surface area contributed by atoms with Crippen molar-refractivity contribution in [2.45, 2.75) is 24.0 Å². The van der Waals surface area contributed by atoms with Crippen LogP contribution in [-0.2, 0) is 21.6 Å². The Morgan fingerprint density at radius 2 is 2.21 bits per heavy atom. The predicted molar refractivity (Wildman–Crippen MR) is 63.5 cm³/mol. The second kappa shape index (κ2) is 6.48. The molecule has 1 aromatic heterocycles. The molecule has 0 fully saturated rings. The van der Waals surface area contributed by atoms with Crippen molar-refractivity contribution in [3.63, 3.8) is 0 Å². The Morgan fingerprint density at radius 1 is 1.43 bits per heavy atom. The van der Waals surface area contributed by atoms with Gasteiger partial charge in [0.15, 0.2) is 0 Å². The lowest BCUT2D eigenvalue weighted by Crippen LogP contribution is -2.07. The van der Waals surface area contributed by atoms with Crippen LogP contribution in [0.3, 0.4) is 0 Å². The molecule has 1 heterocycles. The minimum absolute atomic E-state index is 0.292. The molecule has 0 radical (unpaired) electrons. The van der Waals surface area contributed by atoms with Crippen LogP contribution in [0.1, 0.15) is 19.8 Å². The van der Waals surface area contributed by atoms with Gasteiger partial charge in [-0.3, -0.25) is 8.42 Å². The Kier molecular flexibility index (Phi) is 5.59. The van der Waals surface area contributed by atoms with Gasteiger partial charge >= 0.3 is 0 Å². The second-order valence-electron chi connectivity index (χ2n) is 2.89. The van der Waals surface area contributed by atoms with E-state index in [1.807, 2.05) is 17.5 Å². The fourth-order valence-electron chi connectivity index (χ4n) is 0.935. The molecule has 0 saturated heterocycles. The quantitative estimate of drug-likeness (QED) is 0.776.